The molecule has 0 radical (unpaired) electrons. The Hall–Kier alpha value is -6.72. The number of anilines is 1. The van der Waals surface area contributed by atoms with E-state index in [0.717, 1.165) is 12.1 Å². The molecular formula is C54H46CaCl2N6O12S2. The van der Waals surface area contributed by atoms with E-state index in [-0.39, 0.29) is 87.3 Å². The Morgan fingerprint density at radius 3 is 1.58 bits per heavy atom. The van der Waals surface area contributed by atoms with E-state index in [4.69, 9.17) is 32.7 Å². The first-order valence-corrected chi connectivity index (χ1v) is 26.8. The molecule has 0 atom stereocenters. The third-order valence-corrected chi connectivity index (χ3v) is 14.0. The molecule has 0 aliphatic heterocycles. The van der Waals surface area contributed by atoms with Gasteiger partial charge in [-0.3, -0.25) is 18.9 Å². The molecule has 18 nitrogen and oxygen atoms in total. The van der Waals surface area contributed by atoms with Crippen molar-refractivity contribution in [3.63, 3.8) is 0 Å². The van der Waals surface area contributed by atoms with Crippen LogP contribution in [0.1, 0.15) is 54.7 Å². The van der Waals surface area contributed by atoms with Gasteiger partial charge in [-0.1, -0.05) is 116 Å². The van der Waals surface area contributed by atoms with Gasteiger partial charge in [-0.25, -0.2) is 0 Å². The first kappa shape index (κ1) is 59.5. The van der Waals surface area contributed by atoms with Crippen molar-refractivity contribution in [1.82, 2.24) is 0 Å². The molecule has 0 aliphatic carbocycles. The number of azo groups is 2. The van der Waals surface area contributed by atoms with Crippen molar-refractivity contribution in [3.05, 3.63) is 166 Å². The number of para-hydroxylation sites is 4. The van der Waals surface area contributed by atoms with Crippen LogP contribution in [0.5, 0.6) is 23.0 Å². The Morgan fingerprint density at radius 1 is 0.597 bits per heavy atom. The number of rotatable bonds is 16. The molecule has 8 aromatic carbocycles. The average molecular weight is 1150 g/mol. The van der Waals surface area contributed by atoms with Crippen molar-refractivity contribution < 1.29 is 55.5 Å². The summed E-state index contributed by atoms with van der Waals surface area (Å²) in [4.78, 5) is 16.3. The van der Waals surface area contributed by atoms with Crippen molar-refractivity contribution in [3.8, 4) is 23.0 Å². The normalized spacial score (nSPS) is 11.9. The van der Waals surface area contributed by atoms with Gasteiger partial charge in [-0.15, -0.1) is 5.11 Å². The Balaban J connectivity index is 0.000000246. The number of carbonyl (C=O) groups is 1. The second-order valence-corrected chi connectivity index (χ2v) is 19.8. The number of phenols is 1. The predicted molar refractivity (Wildman–Crippen MR) is 294 cm³/mol. The summed E-state index contributed by atoms with van der Waals surface area (Å²) < 4.78 is 77.1. The molecule has 0 spiro atoms. The topological polar surface area (TPSA) is 284 Å². The van der Waals surface area contributed by atoms with Gasteiger partial charge in [0.2, 0.25) is 0 Å². The molecule has 1 amide bonds. The molecule has 0 bridgehead atoms. The molecular weight excluding hydrogens is 1100 g/mol. The van der Waals surface area contributed by atoms with Crippen LogP contribution in [-0.2, 0) is 33.1 Å². The zero-order valence-corrected chi connectivity index (χ0v) is 46.9. The molecule has 0 aromatic heterocycles. The number of ether oxygens (including phenoxy) is 2. The van der Waals surface area contributed by atoms with Crippen LogP contribution in [0.25, 0.3) is 21.5 Å². The van der Waals surface area contributed by atoms with E-state index >= 15 is 0 Å². The summed E-state index contributed by atoms with van der Waals surface area (Å²) in [5.74, 6) is -1.60. The van der Waals surface area contributed by atoms with Gasteiger partial charge in [-0.05, 0) is 121 Å². The smallest absolute Gasteiger partial charge is 0.871 e. The molecule has 0 aliphatic rings. The van der Waals surface area contributed by atoms with Crippen LogP contribution in [-0.4, -0.2) is 93.8 Å². The molecule has 0 unspecified atom stereocenters. The van der Waals surface area contributed by atoms with Crippen LogP contribution in [0.15, 0.2) is 169 Å². The number of aromatic hydroxyl groups is 1. The zero-order valence-electron chi connectivity index (χ0n) is 41.6. The van der Waals surface area contributed by atoms with E-state index < -0.39 is 53.3 Å². The Morgan fingerprint density at radius 2 is 1.05 bits per heavy atom. The average Bonchev–Trinajstić information content (AvgIpc) is 3.39. The first-order chi connectivity index (χ1) is 36.3. The number of aliphatic imine (C=N–C) groups is 1. The number of halogens is 2. The number of hydrogen-bond acceptors (Lipinski definition) is 15. The van der Waals surface area contributed by atoms with Gasteiger partial charge >= 0.3 is 37.7 Å². The van der Waals surface area contributed by atoms with Crippen molar-refractivity contribution in [2.24, 2.45) is 25.4 Å². The summed E-state index contributed by atoms with van der Waals surface area (Å²) in [5, 5.41) is 59.0. The number of nitrogens with zero attached hydrogens (tertiary/aromatic N) is 5. The fourth-order valence-electron chi connectivity index (χ4n) is 7.72. The van der Waals surface area contributed by atoms with Crippen LogP contribution >= 0.6 is 23.2 Å². The van der Waals surface area contributed by atoms with E-state index in [0.29, 0.717) is 75.9 Å². The first-order valence-electron chi connectivity index (χ1n) is 23.2. The van der Waals surface area contributed by atoms with Gasteiger partial charge in [0.25, 0.3) is 26.1 Å². The van der Waals surface area contributed by atoms with Crippen molar-refractivity contribution >= 4 is 149 Å². The minimum absolute atomic E-state index is 0. The maximum absolute atomic E-state index is 13.5. The van der Waals surface area contributed by atoms with Gasteiger partial charge < -0.3 is 30.1 Å². The summed E-state index contributed by atoms with van der Waals surface area (Å²) in [6, 6.07) is 35.4. The van der Waals surface area contributed by atoms with Gasteiger partial charge in [0.05, 0.1) is 51.6 Å². The molecule has 0 heterocycles. The molecule has 4 N–H and O–H groups in total. The summed E-state index contributed by atoms with van der Waals surface area (Å²) in [6.07, 6.45) is 0.857. The number of nitrogens with one attached hydrogen (secondary N) is 1. The van der Waals surface area contributed by atoms with E-state index in [1.165, 1.54) is 18.2 Å². The number of benzene rings is 8. The van der Waals surface area contributed by atoms with Gasteiger partial charge in [-0.2, -0.15) is 32.2 Å². The van der Waals surface area contributed by atoms with Gasteiger partial charge in [0.15, 0.2) is 5.75 Å². The van der Waals surface area contributed by atoms with Crippen LogP contribution < -0.4 is 25.0 Å². The number of fused-ring (bicyclic) bond motifs is 2. The third-order valence-electron chi connectivity index (χ3n) is 11.4. The number of aryl methyl sites for hydroxylation is 2. The van der Waals surface area contributed by atoms with E-state index in [2.05, 4.69) is 30.8 Å². The van der Waals surface area contributed by atoms with Crippen molar-refractivity contribution in [1.29, 1.82) is 0 Å². The molecule has 8 aromatic rings. The predicted octanol–water partition coefficient (Wildman–Crippen LogP) is 12.3. The molecule has 77 heavy (non-hydrogen) atoms. The molecule has 392 valence electrons. The summed E-state index contributed by atoms with van der Waals surface area (Å²) in [5.41, 5.74) is 1.68. The molecule has 0 saturated heterocycles. The van der Waals surface area contributed by atoms with Crippen LogP contribution in [0.3, 0.4) is 0 Å². The van der Waals surface area contributed by atoms with E-state index in [1.807, 2.05) is 13.8 Å². The fraction of sp³-hybridized carbons (Fsp3) is 0.148. The number of carbonyl (C=O) groups excluding carboxylic acids is 1. The fourth-order valence-corrected chi connectivity index (χ4v) is 9.81. The summed E-state index contributed by atoms with van der Waals surface area (Å²) in [6.45, 7) is 8.02. The molecule has 0 saturated carbocycles. The Bertz CT molecular complexity index is 3860. The maximum Gasteiger partial charge on any atom is 2.00 e. The molecule has 23 heteroatoms. The van der Waals surface area contributed by atoms with E-state index in [1.54, 1.807) is 117 Å². The number of hydrogen-bond donors (Lipinski definition) is 4. The SMILES string of the molecule is CCOc1ccccc1N=C([O-])c1cc2ccccc2c(N=Nc2cc(S(=O)(=O)O)c(Cl)cc2CC)c1[O-].CCOc1ccccc1NC(=O)c1cc2ccccc2c(N=Nc2cc(S(=O)(=O)O)c(Cl)cc2CC)c1O.[Ca+2]. The number of amides is 1. The standard InChI is InChI=1S/2C27H24ClN3O6S.Ca/c2*1-3-16-14-20(28)24(38(34,35)36)15-22(16)30-31-25-18-10-6-5-9-17(18)13-19(26(25)32)27(33)29-21-11-7-8-12-23(21)37-4-2;/h2*5-15,32H,3-4H2,1-2H3,(H,29,33)(H,34,35,36);/q;;+2/p-2. The monoisotopic (exact) mass is 1140 g/mol. The largest absolute Gasteiger partial charge is 2.00 e. The van der Waals surface area contributed by atoms with Crippen LogP contribution in [0.2, 0.25) is 10.0 Å². The third kappa shape index (κ3) is 14.1. The minimum Gasteiger partial charge on any atom is -0.871 e. The van der Waals surface area contributed by atoms with Crippen LogP contribution in [0, 0.1) is 0 Å². The number of phenolic OH excluding ortho intramolecular Hbond substituents is 1. The minimum atomic E-state index is -4.62. The van der Waals surface area contributed by atoms with E-state index in [9.17, 15) is 46.1 Å². The zero-order chi connectivity index (χ0) is 54.9. The Kier molecular flexibility index (Phi) is 20.2. The van der Waals surface area contributed by atoms with Gasteiger partial charge in [0.1, 0.15) is 32.7 Å². The second kappa shape index (κ2) is 26.1. The van der Waals surface area contributed by atoms with Crippen LogP contribution in [0.4, 0.5) is 34.1 Å². The maximum atomic E-state index is 13.5. The molecule has 8 rings (SSSR count). The Labute approximate surface area is 483 Å². The molecule has 0 fully saturated rings. The summed E-state index contributed by atoms with van der Waals surface area (Å²) >= 11 is 12.1. The second-order valence-electron chi connectivity index (χ2n) is 16.2. The van der Waals surface area contributed by atoms with Crippen molar-refractivity contribution in [2.75, 3.05) is 18.5 Å². The van der Waals surface area contributed by atoms with Gasteiger partial charge in [0, 0.05) is 10.8 Å². The van der Waals surface area contributed by atoms with Crippen molar-refractivity contribution in [2.45, 2.75) is 50.3 Å². The summed E-state index contributed by atoms with van der Waals surface area (Å²) in [7, 11) is -9.23. The quantitative estimate of drug-likeness (QED) is 0.0231.